The van der Waals surface area contributed by atoms with Crippen molar-refractivity contribution in [1.29, 1.82) is 0 Å². The highest BCUT2D eigenvalue weighted by atomic mass is 17.0. The lowest BCUT2D eigenvalue weighted by molar-refractivity contribution is -0.790. The van der Waals surface area contributed by atoms with Crippen LogP contribution in [0.2, 0.25) is 0 Å². The van der Waals surface area contributed by atoms with Crippen molar-refractivity contribution in [2.24, 2.45) is 41.4 Å². The van der Waals surface area contributed by atoms with Gasteiger partial charge in [-0.3, -0.25) is 0 Å². The van der Waals surface area contributed by atoms with Crippen molar-refractivity contribution in [3.05, 3.63) is 91.0 Å². The Hall–Kier alpha value is -7.24. The van der Waals surface area contributed by atoms with Crippen molar-refractivity contribution in [3.8, 4) is 0 Å². The van der Waals surface area contributed by atoms with Crippen LogP contribution in [0.5, 0.6) is 0 Å². The van der Waals surface area contributed by atoms with Crippen LogP contribution in [0.25, 0.3) is 0 Å². The lowest BCUT2D eigenvalue weighted by Gasteiger charge is -2.17. The zero-order chi connectivity index (χ0) is 91.2. The van der Waals surface area contributed by atoms with Gasteiger partial charge in [0.05, 0.1) is 33.0 Å². The molecule has 0 spiro atoms. The minimum atomic E-state index is -0.965. The molecule has 0 aromatic heterocycles. The second-order valence-corrected chi connectivity index (χ2v) is 30.6. The van der Waals surface area contributed by atoms with Gasteiger partial charge in [-0.05, 0) is 92.8 Å². The van der Waals surface area contributed by atoms with Crippen LogP contribution in [0.3, 0.4) is 0 Å². The topological polar surface area (TPSA) is 481 Å². The molecule has 0 heterocycles. The van der Waals surface area contributed by atoms with Crippen molar-refractivity contribution in [1.82, 2.24) is 0 Å². The Kier molecular flexibility index (Phi) is 105. The first-order chi connectivity index (χ1) is 57.0. The van der Waals surface area contributed by atoms with Crippen LogP contribution in [0.4, 0.5) is 0 Å². The van der Waals surface area contributed by atoms with Gasteiger partial charge in [-0.2, -0.15) is 0 Å². The molecule has 0 aliphatic rings. The van der Waals surface area contributed by atoms with E-state index in [1.54, 1.807) is 0 Å². The van der Waals surface area contributed by atoms with E-state index in [9.17, 15) is 91.0 Å². The van der Waals surface area contributed by atoms with E-state index < -0.39 is 71.2 Å². The third-order valence-electron chi connectivity index (χ3n) is 19.9. The number of nitrogens with zero attached hydrogens (tertiary/aromatic N) is 9. The van der Waals surface area contributed by atoms with Gasteiger partial charge in [0, 0.05) is 6.61 Å². The average Bonchev–Trinajstić information content (AvgIpc) is 1.09. The summed E-state index contributed by atoms with van der Waals surface area (Å²) < 4.78 is 5.28. The van der Waals surface area contributed by atoms with Gasteiger partial charge in [-0.15, -0.1) is 91.0 Å². The van der Waals surface area contributed by atoms with E-state index in [0.29, 0.717) is 37.9 Å². The molecule has 710 valence electrons. The van der Waals surface area contributed by atoms with Gasteiger partial charge in [0.1, 0.15) is 32.0 Å². The summed E-state index contributed by atoms with van der Waals surface area (Å²) in [5.74, 6) is 5.30. The maximum Gasteiger partial charge on any atom is 0.294 e. The highest BCUT2D eigenvalue weighted by Gasteiger charge is 2.20. The average molecular weight is 1730 g/mol. The van der Waals surface area contributed by atoms with E-state index in [2.05, 4.69) is 140 Å². The third-order valence-corrected chi connectivity index (χ3v) is 19.9. The molecule has 0 aliphatic heterocycles. The van der Waals surface area contributed by atoms with E-state index >= 15 is 0 Å². The number of ether oxygens (including phenoxy) is 1. The molecule has 0 N–H and O–H groups in total. The molecule has 119 heavy (non-hydrogen) atoms. The monoisotopic (exact) mass is 1730 g/mol. The first-order valence-corrected chi connectivity index (χ1v) is 45.6. The van der Waals surface area contributed by atoms with E-state index in [-0.39, 0.29) is 33.0 Å². The standard InChI is InChI=1S/C13H26N2O6.C13H27NO3.C12H24N2O6.C12H25NO3.C11H23NO4.C11H23NO3.C10H21NO3/c1-3-7-12(8-4-2)9-5-6-10-13(21-15(18)19)11-20-14(16)17;1-3-9-13(10-4-2)11-7-5-6-8-12-17-14(15)16;1-3-6-11(7-4-2)8-5-9-12(20-14(17)18)10-19-13(15)16;1-3-8-12(9-4-2)10-6-5-7-11-16-13(14)15;1-3-5-11(6-4-2)7-8-15-9-10-16-12(13)14;1-3-7-11(8-4-2)9-5-6-10-15-12(13)14;1-3-6-10(7-4-2)8-5-9-14-11(12)13/h12-13H,3-11H2,1-2H3;13H,3-12H2,1-2H3;11-12H,3-10H2,1-2H3;12H,3-11H2,1-2H3;11H,3-10H2,1-2H3;11H,3-10H2,1-2H3;10H,3-9H2,1-2H3. The fourth-order valence-electron chi connectivity index (χ4n) is 14.6. The molecule has 0 aromatic carbocycles. The minimum absolute atomic E-state index is 0.0270. The molecule has 37 nitrogen and oxygen atoms in total. The lowest BCUT2D eigenvalue weighted by atomic mass is 9.92. The second-order valence-electron chi connectivity index (χ2n) is 30.6. The summed E-state index contributed by atoms with van der Waals surface area (Å²) in [5, 5.41) is 82.8. The Morgan fingerprint density at radius 2 is 0.370 bits per heavy atom. The second kappa shape index (κ2) is 99.6. The molecule has 0 rings (SSSR count). The van der Waals surface area contributed by atoms with Crippen LogP contribution >= 0.6 is 0 Å². The summed E-state index contributed by atoms with van der Waals surface area (Å²) >= 11 is 0. The summed E-state index contributed by atoms with van der Waals surface area (Å²) in [7, 11) is 0. The first-order valence-electron chi connectivity index (χ1n) is 45.6. The maximum absolute atomic E-state index is 10.3. The van der Waals surface area contributed by atoms with Gasteiger partial charge in [0.2, 0.25) is 0 Å². The first kappa shape index (κ1) is 125. The van der Waals surface area contributed by atoms with Crippen LogP contribution in [0, 0.1) is 132 Å². The molecular formula is C82H169N9O28. The van der Waals surface area contributed by atoms with Crippen LogP contribution in [0.1, 0.15) is 418 Å². The van der Waals surface area contributed by atoms with Crippen molar-refractivity contribution in [3.63, 3.8) is 0 Å². The van der Waals surface area contributed by atoms with Crippen molar-refractivity contribution < 1.29 is 94.1 Å². The third kappa shape index (κ3) is 111. The Morgan fingerprint density at radius 3 is 0.639 bits per heavy atom. The minimum Gasteiger partial charge on any atom is -0.379 e. The van der Waals surface area contributed by atoms with Crippen LogP contribution in [0.15, 0.2) is 0 Å². The molecule has 0 radical (unpaired) electrons. The van der Waals surface area contributed by atoms with Gasteiger partial charge in [-0.25, -0.2) is 0 Å². The summed E-state index contributed by atoms with van der Waals surface area (Å²) in [6.07, 6.45) is 53.7. The predicted molar refractivity (Wildman–Crippen MR) is 460 cm³/mol. The smallest absolute Gasteiger partial charge is 0.294 e. The Balaban J connectivity index is -0.000000247. The zero-order valence-electron chi connectivity index (χ0n) is 76.4. The highest BCUT2D eigenvalue weighted by molar-refractivity contribution is 4.66. The number of hydrogen-bond donors (Lipinski definition) is 0. The number of unbranched alkanes of at least 4 members (excludes halogenated alkanes) is 7. The highest BCUT2D eigenvalue weighted by Crippen LogP contribution is 2.27. The molecule has 0 aromatic rings. The van der Waals surface area contributed by atoms with Gasteiger partial charge < -0.3 is 48.3 Å². The summed E-state index contributed by atoms with van der Waals surface area (Å²) in [6.45, 7) is 31.9. The van der Waals surface area contributed by atoms with Crippen LogP contribution < -0.4 is 0 Å². The predicted octanol–water partition coefficient (Wildman–Crippen LogP) is 24.6. The molecule has 0 aliphatic carbocycles. The molecule has 0 bridgehead atoms. The van der Waals surface area contributed by atoms with E-state index in [4.69, 9.17) is 4.74 Å². The zero-order valence-corrected chi connectivity index (χ0v) is 76.4. The SMILES string of the molecule is CCCC(CCC)CCCC(CO[N+](=O)[O-])O[N+](=O)[O-].CCCC(CCC)CCCCC(CO[N+](=O)[O-])O[N+](=O)[O-].CCCC(CCC)CCCCCCO[N+](=O)[O-].CCCC(CCC)CCCCCO[N+](=O)[O-].CCCC(CCC)CCCCO[N+](=O)[O-].CCCC(CCC)CCCO[N+](=O)[O-].CCCC(CCC)CCOCCO[N+](=O)[O-]. The van der Waals surface area contributed by atoms with E-state index in [1.165, 1.54) is 180 Å². The molecular weight excluding hydrogens is 1560 g/mol. The normalized spacial score (nSPS) is 11.2. The summed E-state index contributed by atoms with van der Waals surface area (Å²) in [5.41, 5.74) is 0. The Morgan fingerprint density at radius 1 is 0.176 bits per heavy atom. The fraction of sp³-hybridized carbons (Fsp3) is 1.00. The maximum atomic E-state index is 10.3. The molecule has 0 saturated carbocycles. The molecule has 0 fully saturated rings. The number of rotatable bonds is 80. The van der Waals surface area contributed by atoms with Gasteiger partial charge >= 0.3 is 0 Å². The number of hydrogen-bond acceptors (Lipinski definition) is 28. The molecule has 2 atom stereocenters. The Bertz CT molecular complexity index is 2190. The van der Waals surface area contributed by atoms with Crippen LogP contribution in [-0.4, -0.2) is 117 Å². The van der Waals surface area contributed by atoms with E-state index in [0.717, 1.165) is 158 Å². The molecule has 37 heteroatoms. The molecule has 0 amide bonds. The van der Waals surface area contributed by atoms with Gasteiger partial charge in [0.25, 0.3) is 45.8 Å². The van der Waals surface area contributed by atoms with Gasteiger partial charge in [0.15, 0.2) is 0 Å². The summed E-state index contributed by atoms with van der Waals surface area (Å²) in [6, 6.07) is 0. The van der Waals surface area contributed by atoms with Crippen molar-refractivity contribution in [2.75, 3.05) is 59.5 Å². The largest absolute Gasteiger partial charge is 0.379 e. The van der Waals surface area contributed by atoms with Crippen molar-refractivity contribution >= 4 is 0 Å². The fourth-order valence-corrected chi connectivity index (χ4v) is 14.6. The van der Waals surface area contributed by atoms with Crippen LogP contribution in [-0.2, 0) is 48.3 Å². The van der Waals surface area contributed by atoms with E-state index in [1.807, 2.05) is 0 Å². The Labute approximate surface area is 713 Å². The van der Waals surface area contributed by atoms with Crippen molar-refractivity contribution in [2.45, 2.75) is 430 Å². The summed E-state index contributed by atoms with van der Waals surface area (Å²) in [4.78, 5) is 129. The van der Waals surface area contributed by atoms with Gasteiger partial charge in [-0.1, -0.05) is 367 Å². The molecule has 2 unspecified atom stereocenters. The molecule has 0 saturated heterocycles. The lowest BCUT2D eigenvalue weighted by Crippen LogP contribution is -2.24. The quantitative estimate of drug-likeness (QED) is 0.0310.